The Balaban J connectivity index is 2.39. The predicted octanol–water partition coefficient (Wildman–Crippen LogP) is 1.78. The van der Waals surface area contributed by atoms with Crippen molar-refractivity contribution in [3.05, 3.63) is 11.9 Å². The van der Waals surface area contributed by atoms with Crippen molar-refractivity contribution >= 4 is 11.7 Å². The van der Waals surface area contributed by atoms with Gasteiger partial charge in [0.2, 0.25) is 0 Å². The van der Waals surface area contributed by atoms with Crippen molar-refractivity contribution < 1.29 is 9.84 Å². The molecular formula is C9H16N2O2S. The second-order valence-corrected chi connectivity index (χ2v) is 4.41. The monoisotopic (exact) mass is 216 g/mol. The van der Waals surface area contributed by atoms with Gasteiger partial charge in [0.15, 0.2) is 0 Å². The first kappa shape index (κ1) is 11.6. The maximum absolute atomic E-state index is 9.72. The fourth-order valence-electron chi connectivity index (χ4n) is 1.05. The molecule has 0 radical (unpaired) electrons. The number of aliphatic hydroxyl groups is 1. The molecule has 1 atom stereocenters. The van der Waals surface area contributed by atoms with E-state index in [1.807, 2.05) is 13.8 Å². The third-order valence-corrected chi connectivity index (χ3v) is 2.78. The predicted molar refractivity (Wildman–Crippen MR) is 55.2 cm³/mol. The summed E-state index contributed by atoms with van der Waals surface area (Å²) in [6.45, 7) is 4.00. The van der Waals surface area contributed by atoms with Crippen LogP contribution in [0.2, 0.25) is 0 Å². The molecule has 0 bridgehead atoms. The van der Waals surface area contributed by atoms with Crippen LogP contribution in [0, 0.1) is 0 Å². The van der Waals surface area contributed by atoms with Gasteiger partial charge in [-0.3, -0.25) is 0 Å². The van der Waals surface area contributed by atoms with Crippen molar-refractivity contribution in [3.8, 4) is 0 Å². The molecule has 0 saturated carbocycles. The van der Waals surface area contributed by atoms with E-state index in [9.17, 15) is 5.11 Å². The van der Waals surface area contributed by atoms with E-state index in [1.54, 1.807) is 13.3 Å². The van der Waals surface area contributed by atoms with E-state index in [0.717, 1.165) is 18.1 Å². The lowest BCUT2D eigenvalue weighted by Gasteiger charge is -2.23. The highest BCUT2D eigenvalue weighted by atomic mass is 32.1. The summed E-state index contributed by atoms with van der Waals surface area (Å²) in [6, 6.07) is 0. The molecule has 80 valence electrons. The van der Waals surface area contributed by atoms with Crippen LogP contribution in [0.1, 0.15) is 38.5 Å². The van der Waals surface area contributed by atoms with Crippen molar-refractivity contribution in [2.45, 2.75) is 38.4 Å². The number of methoxy groups -OCH3 is 1. The van der Waals surface area contributed by atoms with Gasteiger partial charge in [0.1, 0.15) is 5.69 Å². The smallest absolute Gasteiger partial charge is 0.103 e. The molecule has 0 aliphatic rings. The molecule has 1 unspecified atom stereocenters. The number of hydrogen-bond donors (Lipinski definition) is 1. The molecule has 0 aliphatic heterocycles. The number of nitrogens with zero attached hydrogens (tertiary/aromatic N) is 2. The third-order valence-electron chi connectivity index (χ3n) is 2.29. The molecule has 1 aromatic rings. The fourth-order valence-corrected chi connectivity index (χ4v) is 1.52. The largest absolute Gasteiger partial charge is 0.387 e. The van der Waals surface area contributed by atoms with Gasteiger partial charge in [0.05, 0.1) is 29.6 Å². The molecule has 1 aromatic heterocycles. The molecule has 0 aromatic carbocycles. The minimum Gasteiger partial charge on any atom is -0.387 e. The van der Waals surface area contributed by atoms with Crippen molar-refractivity contribution in [2.75, 3.05) is 7.11 Å². The first-order chi connectivity index (χ1) is 6.55. The number of rotatable bonds is 5. The average molecular weight is 216 g/mol. The van der Waals surface area contributed by atoms with Gasteiger partial charge in [-0.1, -0.05) is 0 Å². The Kier molecular flexibility index (Phi) is 3.97. The number of aromatic nitrogens is 2. The lowest BCUT2D eigenvalue weighted by Crippen LogP contribution is -2.23. The minimum absolute atomic E-state index is 0.190. The number of hydrogen-bond acceptors (Lipinski definition) is 5. The van der Waals surface area contributed by atoms with Crippen LogP contribution in [0.25, 0.3) is 0 Å². The molecule has 5 heteroatoms. The molecule has 0 saturated heterocycles. The zero-order chi connectivity index (χ0) is 10.6. The zero-order valence-corrected chi connectivity index (χ0v) is 9.54. The Hall–Kier alpha value is -0.520. The van der Waals surface area contributed by atoms with Gasteiger partial charge in [-0.25, -0.2) is 0 Å². The molecule has 1 rings (SSSR count). The van der Waals surface area contributed by atoms with Crippen molar-refractivity contribution in [2.24, 2.45) is 0 Å². The summed E-state index contributed by atoms with van der Waals surface area (Å²) < 4.78 is 13.1. The van der Waals surface area contributed by atoms with E-state index in [0.29, 0.717) is 12.1 Å². The highest BCUT2D eigenvalue weighted by Crippen LogP contribution is 2.23. The van der Waals surface area contributed by atoms with E-state index in [-0.39, 0.29) is 5.60 Å². The maximum Gasteiger partial charge on any atom is 0.103 e. The summed E-state index contributed by atoms with van der Waals surface area (Å²) in [6.07, 6.45) is 2.52. The van der Waals surface area contributed by atoms with Gasteiger partial charge in [-0.2, -0.15) is 8.75 Å². The zero-order valence-electron chi connectivity index (χ0n) is 8.73. The summed E-state index contributed by atoms with van der Waals surface area (Å²) in [5.41, 5.74) is 0.464. The van der Waals surface area contributed by atoms with Gasteiger partial charge in [0.25, 0.3) is 0 Å². The normalized spacial score (nSPS) is 14.3. The highest BCUT2D eigenvalue weighted by Gasteiger charge is 2.19. The van der Waals surface area contributed by atoms with Crippen LogP contribution in [-0.2, 0) is 4.74 Å². The van der Waals surface area contributed by atoms with E-state index < -0.39 is 6.10 Å². The summed E-state index contributed by atoms with van der Waals surface area (Å²) in [5, 5.41) is 9.72. The quantitative estimate of drug-likeness (QED) is 0.815. The van der Waals surface area contributed by atoms with Crippen molar-refractivity contribution in [1.82, 2.24) is 8.75 Å². The molecule has 1 heterocycles. The molecule has 0 spiro atoms. The SMILES string of the molecule is COC(C)(C)CCC(O)c1cnsn1. The minimum atomic E-state index is -0.525. The van der Waals surface area contributed by atoms with Crippen molar-refractivity contribution in [1.29, 1.82) is 0 Å². The lowest BCUT2D eigenvalue weighted by atomic mass is 9.99. The Morgan fingerprint density at radius 2 is 2.36 bits per heavy atom. The summed E-state index contributed by atoms with van der Waals surface area (Å²) in [5.74, 6) is 0. The molecule has 4 nitrogen and oxygen atoms in total. The second kappa shape index (κ2) is 4.82. The van der Waals surface area contributed by atoms with Crippen LogP contribution in [0.5, 0.6) is 0 Å². The lowest BCUT2D eigenvalue weighted by molar-refractivity contribution is 0.00248. The maximum atomic E-state index is 9.72. The van der Waals surface area contributed by atoms with Gasteiger partial charge < -0.3 is 9.84 Å². The van der Waals surface area contributed by atoms with Crippen LogP contribution in [0.15, 0.2) is 6.20 Å². The standard InChI is InChI=1S/C9H16N2O2S/c1-9(2,13-3)5-4-8(12)7-6-10-14-11-7/h6,8,12H,4-5H2,1-3H3. The van der Waals surface area contributed by atoms with E-state index >= 15 is 0 Å². The molecular weight excluding hydrogens is 200 g/mol. The van der Waals surface area contributed by atoms with Crippen LogP contribution in [0.3, 0.4) is 0 Å². The van der Waals surface area contributed by atoms with Crippen LogP contribution >= 0.6 is 11.7 Å². The van der Waals surface area contributed by atoms with Gasteiger partial charge in [-0.05, 0) is 26.7 Å². The van der Waals surface area contributed by atoms with E-state index in [1.165, 1.54) is 0 Å². The molecule has 14 heavy (non-hydrogen) atoms. The first-order valence-corrected chi connectivity index (χ1v) is 5.29. The molecule has 0 fully saturated rings. The summed E-state index contributed by atoms with van der Waals surface area (Å²) >= 11 is 1.12. The fraction of sp³-hybridized carbons (Fsp3) is 0.778. The second-order valence-electron chi connectivity index (χ2n) is 3.85. The first-order valence-electron chi connectivity index (χ1n) is 4.56. The average Bonchev–Trinajstić information content (AvgIpc) is 2.67. The van der Waals surface area contributed by atoms with Crippen molar-refractivity contribution in [3.63, 3.8) is 0 Å². The highest BCUT2D eigenvalue weighted by molar-refractivity contribution is 6.99. The van der Waals surface area contributed by atoms with Gasteiger partial charge >= 0.3 is 0 Å². The van der Waals surface area contributed by atoms with E-state index in [2.05, 4.69) is 8.75 Å². The number of aliphatic hydroxyl groups excluding tert-OH is 1. The summed E-state index contributed by atoms with van der Waals surface area (Å²) in [7, 11) is 1.68. The Labute approximate surface area is 88.3 Å². The number of ether oxygens (including phenoxy) is 1. The third kappa shape index (κ3) is 3.32. The van der Waals surface area contributed by atoms with Crippen LogP contribution in [-0.4, -0.2) is 26.6 Å². The summed E-state index contributed by atoms with van der Waals surface area (Å²) in [4.78, 5) is 0. The Morgan fingerprint density at radius 1 is 1.64 bits per heavy atom. The van der Waals surface area contributed by atoms with Gasteiger partial charge in [-0.15, -0.1) is 0 Å². The van der Waals surface area contributed by atoms with Gasteiger partial charge in [0, 0.05) is 7.11 Å². The molecule has 0 aliphatic carbocycles. The molecule has 0 amide bonds. The van der Waals surface area contributed by atoms with Crippen LogP contribution in [0.4, 0.5) is 0 Å². The molecule has 1 N–H and O–H groups in total. The Bertz CT molecular complexity index is 262. The van der Waals surface area contributed by atoms with Crippen LogP contribution < -0.4 is 0 Å². The Morgan fingerprint density at radius 3 is 2.86 bits per heavy atom. The van der Waals surface area contributed by atoms with E-state index in [4.69, 9.17) is 4.74 Å². The topological polar surface area (TPSA) is 55.2 Å².